The first-order chi connectivity index (χ1) is 13.2. The molecule has 0 spiro atoms. The van der Waals surface area contributed by atoms with Gasteiger partial charge in [0, 0.05) is 13.1 Å². The standard InChI is InChI=1S/C23H47ClN2O/c1-3-5-6-7-8-9-10-11-12-13-14-15-16-17-18-19-20-25-23(27)26-21-22(24)4-2/h22H,3-21H2,1-2H3,(H2,25,26,27). The lowest BCUT2D eigenvalue weighted by Gasteiger charge is -2.10. The van der Waals surface area contributed by atoms with Crippen LogP contribution in [0.15, 0.2) is 0 Å². The molecule has 0 bridgehead atoms. The first kappa shape index (κ1) is 26.6. The fourth-order valence-electron chi connectivity index (χ4n) is 3.29. The summed E-state index contributed by atoms with van der Waals surface area (Å²) in [6.45, 7) is 5.62. The lowest BCUT2D eigenvalue weighted by atomic mass is 10.0. The molecule has 0 aromatic rings. The smallest absolute Gasteiger partial charge is 0.314 e. The SMILES string of the molecule is CCCCCCCCCCCCCCCCCCNC(=O)NCC(Cl)CC. The zero-order chi connectivity index (χ0) is 20.0. The Balaban J connectivity index is 3.11. The van der Waals surface area contributed by atoms with Crippen LogP contribution in [0.1, 0.15) is 123 Å². The number of hydrogen-bond acceptors (Lipinski definition) is 1. The Morgan fingerprint density at radius 2 is 1.07 bits per heavy atom. The highest BCUT2D eigenvalue weighted by molar-refractivity contribution is 6.20. The number of halogens is 1. The summed E-state index contributed by atoms with van der Waals surface area (Å²) in [5.41, 5.74) is 0. The molecule has 0 fully saturated rings. The van der Waals surface area contributed by atoms with Crippen LogP contribution in [0, 0.1) is 0 Å². The lowest BCUT2D eigenvalue weighted by Crippen LogP contribution is -2.38. The molecule has 1 unspecified atom stereocenters. The summed E-state index contributed by atoms with van der Waals surface area (Å²) in [6.07, 6.45) is 22.8. The van der Waals surface area contributed by atoms with Gasteiger partial charge in [0.15, 0.2) is 0 Å². The molecule has 4 heteroatoms. The lowest BCUT2D eigenvalue weighted by molar-refractivity contribution is 0.240. The maximum absolute atomic E-state index is 11.5. The summed E-state index contributed by atoms with van der Waals surface area (Å²) >= 11 is 5.97. The van der Waals surface area contributed by atoms with Crippen molar-refractivity contribution in [1.82, 2.24) is 10.6 Å². The van der Waals surface area contributed by atoms with Gasteiger partial charge in [0.2, 0.25) is 0 Å². The van der Waals surface area contributed by atoms with Gasteiger partial charge in [-0.05, 0) is 12.8 Å². The minimum Gasteiger partial charge on any atom is -0.338 e. The number of unbranched alkanes of at least 4 members (excludes halogenated alkanes) is 15. The molecule has 2 amide bonds. The van der Waals surface area contributed by atoms with Gasteiger partial charge in [-0.1, -0.05) is 110 Å². The summed E-state index contributed by atoms with van der Waals surface area (Å²) in [5, 5.41) is 5.74. The van der Waals surface area contributed by atoms with E-state index in [1.807, 2.05) is 6.92 Å². The van der Waals surface area contributed by atoms with Crippen molar-refractivity contribution in [1.29, 1.82) is 0 Å². The van der Waals surface area contributed by atoms with Gasteiger partial charge >= 0.3 is 6.03 Å². The fraction of sp³-hybridized carbons (Fsp3) is 0.957. The molecule has 0 aliphatic rings. The zero-order valence-electron chi connectivity index (χ0n) is 18.3. The van der Waals surface area contributed by atoms with Gasteiger partial charge in [-0.25, -0.2) is 4.79 Å². The third-order valence-electron chi connectivity index (χ3n) is 5.24. The van der Waals surface area contributed by atoms with Gasteiger partial charge in [0.1, 0.15) is 0 Å². The number of nitrogens with one attached hydrogen (secondary N) is 2. The van der Waals surface area contributed by atoms with Gasteiger partial charge in [0.25, 0.3) is 0 Å². The summed E-state index contributed by atoms with van der Waals surface area (Å²) in [7, 11) is 0. The molecule has 0 saturated heterocycles. The largest absolute Gasteiger partial charge is 0.338 e. The van der Waals surface area contributed by atoms with Gasteiger partial charge in [-0.2, -0.15) is 0 Å². The van der Waals surface area contributed by atoms with E-state index in [0.717, 1.165) is 19.4 Å². The van der Waals surface area contributed by atoms with E-state index in [-0.39, 0.29) is 11.4 Å². The average Bonchev–Trinajstić information content (AvgIpc) is 2.68. The van der Waals surface area contributed by atoms with E-state index in [9.17, 15) is 4.79 Å². The number of carbonyl (C=O) groups excluding carboxylic acids is 1. The second-order valence-corrected chi connectivity index (χ2v) is 8.56. The maximum Gasteiger partial charge on any atom is 0.314 e. The van der Waals surface area contributed by atoms with E-state index in [0.29, 0.717) is 6.54 Å². The highest BCUT2D eigenvalue weighted by Crippen LogP contribution is 2.13. The first-order valence-corrected chi connectivity index (χ1v) is 12.3. The Kier molecular flexibility index (Phi) is 21.5. The monoisotopic (exact) mass is 402 g/mol. The zero-order valence-corrected chi connectivity index (χ0v) is 19.1. The normalized spacial score (nSPS) is 12.1. The first-order valence-electron chi connectivity index (χ1n) is 11.9. The van der Waals surface area contributed by atoms with Crippen LogP contribution in [-0.4, -0.2) is 24.5 Å². The van der Waals surface area contributed by atoms with Crippen molar-refractivity contribution in [3.8, 4) is 0 Å². The average molecular weight is 403 g/mol. The van der Waals surface area contributed by atoms with E-state index in [2.05, 4.69) is 17.6 Å². The van der Waals surface area contributed by atoms with Crippen molar-refractivity contribution >= 4 is 17.6 Å². The molecule has 0 rings (SSSR count). The number of urea groups is 1. The van der Waals surface area contributed by atoms with E-state index < -0.39 is 0 Å². The summed E-state index contributed by atoms with van der Waals surface area (Å²) in [6, 6.07) is -0.0879. The predicted octanol–water partition coefficient (Wildman–Crippen LogP) is 7.56. The Bertz CT molecular complexity index is 313. The van der Waals surface area contributed by atoms with Gasteiger partial charge < -0.3 is 10.6 Å². The molecule has 2 N–H and O–H groups in total. The van der Waals surface area contributed by atoms with Crippen LogP contribution in [0.2, 0.25) is 0 Å². The fourth-order valence-corrected chi connectivity index (χ4v) is 3.36. The molecular weight excluding hydrogens is 356 g/mol. The number of rotatable bonds is 20. The Hall–Kier alpha value is -0.440. The topological polar surface area (TPSA) is 41.1 Å². The highest BCUT2D eigenvalue weighted by atomic mass is 35.5. The molecule has 0 heterocycles. The minimum atomic E-state index is -0.0879. The van der Waals surface area contributed by atoms with Crippen molar-refractivity contribution in [3.63, 3.8) is 0 Å². The molecule has 0 aromatic carbocycles. The summed E-state index contributed by atoms with van der Waals surface area (Å²) < 4.78 is 0. The van der Waals surface area contributed by atoms with E-state index >= 15 is 0 Å². The Morgan fingerprint density at radius 1 is 0.667 bits per heavy atom. The molecule has 27 heavy (non-hydrogen) atoms. The molecule has 0 aromatic heterocycles. The van der Waals surface area contributed by atoms with Crippen molar-refractivity contribution in [2.45, 2.75) is 128 Å². The van der Waals surface area contributed by atoms with Crippen molar-refractivity contribution in [2.75, 3.05) is 13.1 Å². The molecule has 3 nitrogen and oxygen atoms in total. The number of alkyl halides is 1. The van der Waals surface area contributed by atoms with Gasteiger partial charge in [0.05, 0.1) is 5.38 Å². The van der Waals surface area contributed by atoms with Crippen molar-refractivity contribution in [3.05, 3.63) is 0 Å². The third-order valence-corrected chi connectivity index (χ3v) is 5.71. The van der Waals surface area contributed by atoms with E-state index in [1.165, 1.54) is 96.3 Å². The van der Waals surface area contributed by atoms with Crippen molar-refractivity contribution < 1.29 is 4.79 Å². The highest BCUT2D eigenvalue weighted by Gasteiger charge is 2.04. The molecule has 0 saturated carbocycles. The van der Waals surface area contributed by atoms with E-state index in [1.54, 1.807) is 0 Å². The quantitative estimate of drug-likeness (QED) is 0.160. The molecular formula is C23H47ClN2O. The van der Waals surface area contributed by atoms with Crippen LogP contribution in [0.3, 0.4) is 0 Å². The molecule has 1 atom stereocenters. The predicted molar refractivity (Wildman–Crippen MR) is 121 cm³/mol. The molecule has 0 radical (unpaired) electrons. The van der Waals surface area contributed by atoms with E-state index in [4.69, 9.17) is 11.6 Å². The van der Waals surface area contributed by atoms with Crippen LogP contribution >= 0.6 is 11.6 Å². The van der Waals surface area contributed by atoms with Crippen LogP contribution < -0.4 is 10.6 Å². The number of carbonyl (C=O) groups is 1. The van der Waals surface area contributed by atoms with Crippen LogP contribution in [0.5, 0.6) is 0 Å². The number of hydrogen-bond donors (Lipinski definition) is 2. The Labute approximate surface area is 174 Å². The second-order valence-electron chi connectivity index (χ2n) is 7.95. The van der Waals surface area contributed by atoms with Crippen LogP contribution in [0.25, 0.3) is 0 Å². The van der Waals surface area contributed by atoms with Gasteiger partial charge in [-0.3, -0.25) is 0 Å². The third kappa shape index (κ3) is 21.7. The van der Waals surface area contributed by atoms with Crippen LogP contribution in [-0.2, 0) is 0 Å². The molecule has 0 aliphatic heterocycles. The molecule has 0 aliphatic carbocycles. The van der Waals surface area contributed by atoms with Gasteiger partial charge in [-0.15, -0.1) is 11.6 Å². The van der Waals surface area contributed by atoms with Crippen LogP contribution in [0.4, 0.5) is 4.79 Å². The minimum absolute atomic E-state index is 0.0336. The summed E-state index contributed by atoms with van der Waals surface area (Å²) in [5.74, 6) is 0. The number of amides is 2. The second kappa shape index (κ2) is 21.9. The maximum atomic E-state index is 11.5. The summed E-state index contributed by atoms with van der Waals surface area (Å²) in [4.78, 5) is 11.5. The van der Waals surface area contributed by atoms with Crippen molar-refractivity contribution in [2.24, 2.45) is 0 Å². The Morgan fingerprint density at radius 3 is 1.48 bits per heavy atom. The molecule has 162 valence electrons.